The second-order valence-electron chi connectivity index (χ2n) is 11.4. The van der Waals surface area contributed by atoms with Crippen LogP contribution in [-0.2, 0) is 4.79 Å². The van der Waals surface area contributed by atoms with Gasteiger partial charge in [-0.25, -0.2) is 0 Å². The third-order valence-corrected chi connectivity index (χ3v) is 10.1. The van der Waals surface area contributed by atoms with Gasteiger partial charge in [0.1, 0.15) is 5.78 Å². The van der Waals surface area contributed by atoms with Gasteiger partial charge >= 0.3 is 0 Å². The quantitative estimate of drug-likeness (QED) is 0.636. The van der Waals surface area contributed by atoms with Gasteiger partial charge in [-0.1, -0.05) is 38.2 Å². The molecule has 28 heavy (non-hydrogen) atoms. The Kier molecular flexibility index (Phi) is 4.66. The zero-order valence-electron chi connectivity index (χ0n) is 18.0. The smallest absolute Gasteiger partial charge is 0.139 e. The van der Waals surface area contributed by atoms with E-state index in [1.807, 2.05) is 0 Å². The van der Waals surface area contributed by atoms with Gasteiger partial charge in [0.05, 0.1) is 0 Å². The molecule has 2 nitrogen and oxygen atoms in total. The Morgan fingerprint density at radius 2 is 1.86 bits per heavy atom. The molecule has 0 aromatic rings. The Morgan fingerprint density at radius 1 is 1.04 bits per heavy atom. The van der Waals surface area contributed by atoms with Crippen molar-refractivity contribution in [2.75, 3.05) is 13.1 Å². The van der Waals surface area contributed by atoms with Gasteiger partial charge in [0.15, 0.2) is 0 Å². The van der Waals surface area contributed by atoms with Gasteiger partial charge in [-0.15, -0.1) is 0 Å². The molecule has 0 aromatic heterocycles. The van der Waals surface area contributed by atoms with Crippen molar-refractivity contribution in [1.82, 2.24) is 5.32 Å². The van der Waals surface area contributed by atoms with Crippen molar-refractivity contribution in [3.8, 4) is 0 Å². The van der Waals surface area contributed by atoms with Gasteiger partial charge in [0.2, 0.25) is 0 Å². The number of Topliss-reactive ketones (excluding diaryl/α,β-unsaturated/α-hetero) is 1. The van der Waals surface area contributed by atoms with Crippen LogP contribution in [0.5, 0.6) is 0 Å². The Labute approximate surface area is 171 Å². The summed E-state index contributed by atoms with van der Waals surface area (Å²) in [4.78, 5) is 12.7. The molecule has 1 heterocycles. The molecule has 5 fully saturated rings. The minimum atomic E-state index is -0.0391. The van der Waals surface area contributed by atoms with Crippen molar-refractivity contribution in [1.29, 1.82) is 0 Å². The van der Waals surface area contributed by atoms with E-state index in [0.29, 0.717) is 23.0 Å². The molecule has 0 radical (unpaired) electrons. The van der Waals surface area contributed by atoms with Crippen LogP contribution in [0.3, 0.4) is 0 Å². The lowest BCUT2D eigenvalue weighted by Gasteiger charge is -2.61. The van der Waals surface area contributed by atoms with E-state index in [9.17, 15) is 4.79 Å². The number of rotatable bonds is 2. The maximum atomic E-state index is 12.7. The predicted octanol–water partition coefficient (Wildman–Crippen LogP) is 5.55. The Hall–Kier alpha value is -0.890. The summed E-state index contributed by atoms with van der Waals surface area (Å²) in [5, 5.41) is 3.49. The molecule has 1 unspecified atom stereocenters. The molecule has 8 atom stereocenters. The van der Waals surface area contributed by atoms with E-state index in [0.717, 1.165) is 42.9 Å². The van der Waals surface area contributed by atoms with Gasteiger partial charge in [-0.05, 0) is 98.8 Å². The van der Waals surface area contributed by atoms with E-state index in [-0.39, 0.29) is 5.41 Å². The number of nitrogens with one attached hydrogen (secondary N) is 1. The molecular formula is C26H39NO. The Morgan fingerprint density at radius 3 is 2.64 bits per heavy atom. The standard InChI is InChI=1S/C26H39NO/c1-17-14-20-15-18(4-5-19-10-13-27-16-19)8-11-25(20,2)22-9-12-26(3)21(24(17)22)6-7-23(26)28/h4-5,18-22,24,27H,1,6-16H2,2-3H3/t18-,19+,20?,21+,22+,24+,25+,26+/m1/s1. The lowest BCUT2D eigenvalue weighted by atomic mass is 9.44. The molecule has 4 aliphatic carbocycles. The largest absolute Gasteiger partial charge is 0.316 e. The van der Waals surface area contributed by atoms with Gasteiger partial charge in [-0.2, -0.15) is 0 Å². The van der Waals surface area contributed by atoms with Crippen LogP contribution in [0, 0.1) is 46.3 Å². The topological polar surface area (TPSA) is 29.1 Å². The monoisotopic (exact) mass is 381 g/mol. The minimum Gasteiger partial charge on any atom is -0.316 e. The Balaban J connectivity index is 1.34. The number of allylic oxidation sites excluding steroid dienone is 2. The van der Waals surface area contributed by atoms with Crippen LogP contribution in [0.15, 0.2) is 24.3 Å². The first-order valence-electron chi connectivity index (χ1n) is 12.0. The SMILES string of the molecule is C=C1CC2C[C@H](C=C[C@H]3CCNC3)CC[C@]2(C)[C@H]2CC[C@]3(C)C(=O)CC[C@H]3[C@H]12. The number of ketones is 1. The van der Waals surface area contributed by atoms with Crippen molar-refractivity contribution in [2.45, 2.75) is 71.6 Å². The van der Waals surface area contributed by atoms with E-state index < -0.39 is 0 Å². The highest BCUT2D eigenvalue weighted by molar-refractivity contribution is 5.87. The molecule has 4 saturated carbocycles. The maximum Gasteiger partial charge on any atom is 0.139 e. The second kappa shape index (κ2) is 6.83. The fourth-order valence-corrected chi connectivity index (χ4v) is 8.26. The zero-order chi connectivity index (χ0) is 19.5. The highest BCUT2D eigenvalue weighted by atomic mass is 16.1. The van der Waals surface area contributed by atoms with E-state index in [4.69, 9.17) is 0 Å². The van der Waals surface area contributed by atoms with Crippen LogP contribution in [-0.4, -0.2) is 18.9 Å². The van der Waals surface area contributed by atoms with Crippen LogP contribution in [0.4, 0.5) is 0 Å². The summed E-state index contributed by atoms with van der Waals surface area (Å²) in [6.07, 6.45) is 16.0. The first-order chi connectivity index (χ1) is 13.4. The van der Waals surface area contributed by atoms with E-state index in [1.165, 1.54) is 57.2 Å². The number of carbonyl (C=O) groups excluding carboxylic acids is 1. The molecular weight excluding hydrogens is 342 g/mol. The van der Waals surface area contributed by atoms with Crippen molar-refractivity contribution >= 4 is 5.78 Å². The molecule has 154 valence electrons. The summed E-state index contributed by atoms with van der Waals surface area (Å²) in [7, 11) is 0. The van der Waals surface area contributed by atoms with E-state index in [1.54, 1.807) is 0 Å². The summed E-state index contributed by atoms with van der Waals surface area (Å²) < 4.78 is 0. The molecule has 5 aliphatic rings. The molecule has 1 aliphatic heterocycles. The lowest BCUT2D eigenvalue weighted by molar-refractivity contribution is -0.134. The molecule has 0 aromatic carbocycles. The molecule has 2 heteroatoms. The third kappa shape index (κ3) is 2.81. The summed E-state index contributed by atoms with van der Waals surface area (Å²) in [6.45, 7) is 11.9. The van der Waals surface area contributed by atoms with E-state index >= 15 is 0 Å². The van der Waals surface area contributed by atoms with Crippen molar-refractivity contribution in [3.63, 3.8) is 0 Å². The molecule has 0 spiro atoms. The fraction of sp³-hybridized carbons (Fsp3) is 0.808. The summed E-state index contributed by atoms with van der Waals surface area (Å²) in [5.41, 5.74) is 1.93. The van der Waals surface area contributed by atoms with Gasteiger partial charge in [-0.3, -0.25) is 4.79 Å². The minimum absolute atomic E-state index is 0.0391. The van der Waals surface area contributed by atoms with Crippen LogP contribution in [0.25, 0.3) is 0 Å². The van der Waals surface area contributed by atoms with Crippen molar-refractivity contribution in [2.24, 2.45) is 46.3 Å². The molecule has 1 N–H and O–H groups in total. The van der Waals surface area contributed by atoms with Crippen LogP contribution < -0.4 is 5.32 Å². The molecule has 5 rings (SSSR count). The molecule has 0 bridgehead atoms. The van der Waals surface area contributed by atoms with Gasteiger partial charge in [0.25, 0.3) is 0 Å². The number of fused-ring (bicyclic) bond motifs is 5. The summed E-state index contributed by atoms with van der Waals surface area (Å²) >= 11 is 0. The fourth-order valence-electron chi connectivity index (χ4n) is 8.26. The average molecular weight is 382 g/mol. The van der Waals surface area contributed by atoms with E-state index in [2.05, 4.69) is 37.9 Å². The maximum absolute atomic E-state index is 12.7. The third-order valence-electron chi connectivity index (χ3n) is 10.1. The summed E-state index contributed by atoms with van der Waals surface area (Å²) in [5.74, 6) is 4.84. The highest BCUT2D eigenvalue weighted by Crippen LogP contribution is 2.66. The highest BCUT2D eigenvalue weighted by Gasteiger charge is 2.61. The lowest BCUT2D eigenvalue weighted by Crippen LogP contribution is -2.54. The number of hydrogen-bond donors (Lipinski definition) is 1. The summed E-state index contributed by atoms with van der Waals surface area (Å²) in [6, 6.07) is 0. The first kappa shape index (κ1) is 19.1. The number of hydrogen-bond acceptors (Lipinski definition) is 2. The second-order valence-corrected chi connectivity index (χ2v) is 11.4. The van der Waals surface area contributed by atoms with Gasteiger partial charge < -0.3 is 5.32 Å². The zero-order valence-corrected chi connectivity index (χ0v) is 18.0. The van der Waals surface area contributed by atoms with Crippen LogP contribution in [0.1, 0.15) is 71.6 Å². The molecule has 1 saturated heterocycles. The number of carbonyl (C=O) groups is 1. The van der Waals surface area contributed by atoms with Gasteiger partial charge in [0, 0.05) is 18.4 Å². The van der Waals surface area contributed by atoms with Crippen molar-refractivity contribution in [3.05, 3.63) is 24.3 Å². The first-order valence-corrected chi connectivity index (χ1v) is 12.0. The normalized spacial score (nSPS) is 51.2. The predicted molar refractivity (Wildman–Crippen MR) is 115 cm³/mol. The van der Waals surface area contributed by atoms with Crippen molar-refractivity contribution < 1.29 is 4.79 Å². The molecule has 0 amide bonds. The van der Waals surface area contributed by atoms with Crippen LogP contribution in [0.2, 0.25) is 0 Å². The Bertz CT molecular complexity index is 689. The van der Waals surface area contributed by atoms with Crippen LogP contribution >= 0.6 is 0 Å². The average Bonchev–Trinajstić information content (AvgIpc) is 3.29.